The van der Waals surface area contributed by atoms with Gasteiger partial charge in [-0.25, -0.2) is 9.18 Å². The summed E-state index contributed by atoms with van der Waals surface area (Å²) in [5, 5.41) is 0. The van der Waals surface area contributed by atoms with E-state index < -0.39 is 12.1 Å². The second-order valence-electron chi connectivity index (χ2n) is 1.56. The standard InChI is InChI=1S/C6H9FO2/c1-5(7)3-4-6(8)9-2/h3-5H,1-2H3/b4-3-. The Kier molecular flexibility index (Phi) is 3.67. The van der Waals surface area contributed by atoms with Gasteiger partial charge in [0, 0.05) is 6.08 Å². The number of carbonyl (C=O) groups is 1. The van der Waals surface area contributed by atoms with E-state index in [9.17, 15) is 9.18 Å². The van der Waals surface area contributed by atoms with E-state index >= 15 is 0 Å². The number of hydrogen-bond donors (Lipinski definition) is 0. The largest absolute Gasteiger partial charge is 0.466 e. The number of ether oxygens (including phenoxy) is 1. The summed E-state index contributed by atoms with van der Waals surface area (Å²) in [7, 11) is 1.25. The van der Waals surface area contributed by atoms with Crippen LogP contribution in [0.2, 0.25) is 0 Å². The Morgan fingerprint density at radius 3 is 2.67 bits per heavy atom. The van der Waals surface area contributed by atoms with Gasteiger partial charge in [0.1, 0.15) is 6.17 Å². The van der Waals surface area contributed by atoms with Crippen molar-refractivity contribution in [2.75, 3.05) is 7.11 Å². The third-order valence-electron chi connectivity index (χ3n) is 0.699. The van der Waals surface area contributed by atoms with E-state index in [1.807, 2.05) is 0 Å². The van der Waals surface area contributed by atoms with Gasteiger partial charge < -0.3 is 4.74 Å². The van der Waals surface area contributed by atoms with Gasteiger partial charge in [0.15, 0.2) is 0 Å². The molecule has 0 saturated carbocycles. The molecule has 1 atom stereocenters. The van der Waals surface area contributed by atoms with Crippen molar-refractivity contribution < 1.29 is 13.9 Å². The fraction of sp³-hybridized carbons (Fsp3) is 0.500. The molecule has 0 aromatic rings. The summed E-state index contributed by atoms with van der Waals surface area (Å²) in [6.07, 6.45) is 1.10. The molecule has 0 aliphatic carbocycles. The molecule has 0 fully saturated rings. The van der Waals surface area contributed by atoms with Crippen LogP contribution in [0.3, 0.4) is 0 Å². The summed E-state index contributed by atoms with van der Waals surface area (Å²) in [5.41, 5.74) is 0. The fourth-order valence-corrected chi connectivity index (χ4v) is 0.279. The second kappa shape index (κ2) is 4.06. The van der Waals surface area contributed by atoms with Crippen LogP contribution in [0.25, 0.3) is 0 Å². The molecular formula is C6H9FO2. The Hall–Kier alpha value is -0.860. The summed E-state index contributed by atoms with van der Waals surface area (Å²) < 4.78 is 16.1. The normalized spacial score (nSPS) is 13.7. The second-order valence-corrected chi connectivity index (χ2v) is 1.56. The van der Waals surface area contributed by atoms with Gasteiger partial charge in [-0.2, -0.15) is 0 Å². The van der Waals surface area contributed by atoms with Crippen LogP contribution in [0.5, 0.6) is 0 Å². The molecule has 0 rings (SSSR count). The Morgan fingerprint density at radius 2 is 2.33 bits per heavy atom. The van der Waals surface area contributed by atoms with Crippen molar-refractivity contribution >= 4 is 5.97 Å². The van der Waals surface area contributed by atoms with E-state index in [4.69, 9.17) is 0 Å². The first kappa shape index (κ1) is 8.14. The molecule has 3 heteroatoms. The van der Waals surface area contributed by atoms with Gasteiger partial charge in [-0.15, -0.1) is 0 Å². The van der Waals surface area contributed by atoms with Gasteiger partial charge >= 0.3 is 5.97 Å². The van der Waals surface area contributed by atoms with Crippen LogP contribution in [0, 0.1) is 0 Å². The fourth-order valence-electron chi connectivity index (χ4n) is 0.279. The Bertz CT molecular complexity index is 118. The topological polar surface area (TPSA) is 26.3 Å². The minimum atomic E-state index is -1.09. The Balaban J connectivity index is 3.57. The molecule has 9 heavy (non-hydrogen) atoms. The van der Waals surface area contributed by atoms with E-state index in [2.05, 4.69) is 4.74 Å². The smallest absolute Gasteiger partial charge is 0.330 e. The quantitative estimate of drug-likeness (QED) is 0.415. The first-order valence-corrected chi connectivity index (χ1v) is 2.57. The van der Waals surface area contributed by atoms with Crippen molar-refractivity contribution in [2.45, 2.75) is 13.1 Å². The minimum Gasteiger partial charge on any atom is -0.466 e. The molecule has 0 aliphatic heterocycles. The van der Waals surface area contributed by atoms with Crippen LogP contribution in [0.15, 0.2) is 12.2 Å². The minimum absolute atomic E-state index is 0.528. The predicted molar refractivity (Wildman–Crippen MR) is 31.7 cm³/mol. The monoisotopic (exact) mass is 132 g/mol. The number of allylic oxidation sites excluding steroid dienone is 1. The number of methoxy groups -OCH3 is 1. The molecule has 0 saturated heterocycles. The van der Waals surface area contributed by atoms with E-state index in [0.717, 1.165) is 12.2 Å². The van der Waals surface area contributed by atoms with E-state index in [0.29, 0.717) is 0 Å². The molecule has 0 heterocycles. The lowest BCUT2D eigenvalue weighted by atomic mass is 10.4. The van der Waals surface area contributed by atoms with Crippen molar-refractivity contribution in [1.29, 1.82) is 0 Å². The van der Waals surface area contributed by atoms with Gasteiger partial charge in [0.2, 0.25) is 0 Å². The number of carbonyl (C=O) groups excluding carboxylic acids is 1. The highest BCUT2D eigenvalue weighted by atomic mass is 19.1. The Morgan fingerprint density at radius 1 is 1.78 bits per heavy atom. The maximum absolute atomic E-state index is 11.9. The highest BCUT2D eigenvalue weighted by Gasteiger charge is 1.92. The van der Waals surface area contributed by atoms with Crippen LogP contribution in [0.4, 0.5) is 4.39 Å². The number of rotatable bonds is 2. The third-order valence-corrected chi connectivity index (χ3v) is 0.699. The van der Waals surface area contributed by atoms with Gasteiger partial charge in [0.05, 0.1) is 7.11 Å². The molecule has 0 aromatic carbocycles. The van der Waals surface area contributed by atoms with Crippen molar-refractivity contribution in [2.24, 2.45) is 0 Å². The van der Waals surface area contributed by atoms with E-state index in [1.165, 1.54) is 14.0 Å². The van der Waals surface area contributed by atoms with Crippen LogP contribution in [-0.2, 0) is 9.53 Å². The van der Waals surface area contributed by atoms with Gasteiger partial charge in [-0.05, 0) is 13.0 Å². The van der Waals surface area contributed by atoms with Crippen LogP contribution in [-0.4, -0.2) is 19.3 Å². The van der Waals surface area contributed by atoms with Gasteiger partial charge in [-0.3, -0.25) is 0 Å². The molecule has 0 spiro atoms. The molecule has 1 unspecified atom stereocenters. The van der Waals surface area contributed by atoms with Crippen molar-refractivity contribution in [3.05, 3.63) is 12.2 Å². The average Bonchev–Trinajstić information content (AvgIpc) is 1.83. The number of esters is 1. The van der Waals surface area contributed by atoms with E-state index in [1.54, 1.807) is 0 Å². The van der Waals surface area contributed by atoms with Crippen molar-refractivity contribution in [3.8, 4) is 0 Å². The summed E-state index contributed by atoms with van der Waals surface area (Å²) in [6, 6.07) is 0. The number of alkyl halides is 1. The van der Waals surface area contributed by atoms with Crippen molar-refractivity contribution in [1.82, 2.24) is 0 Å². The highest BCUT2D eigenvalue weighted by molar-refractivity contribution is 5.81. The molecule has 0 radical (unpaired) electrons. The number of halogens is 1. The van der Waals surface area contributed by atoms with Crippen LogP contribution >= 0.6 is 0 Å². The lowest BCUT2D eigenvalue weighted by molar-refractivity contribution is -0.134. The van der Waals surface area contributed by atoms with Crippen LogP contribution in [0.1, 0.15) is 6.92 Å². The van der Waals surface area contributed by atoms with Crippen LogP contribution < -0.4 is 0 Å². The first-order chi connectivity index (χ1) is 4.16. The van der Waals surface area contributed by atoms with Crippen molar-refractivity contribution in [3.63, 3.8) is 0 Å². The number of hydrogen-bond acceptors (Lipinski definition) is 2. The SMILES string of the molecule is COC(=O)/C=C\C(C)F. The molecule has 0 bridgehead atoms. The van der Waals surface area contributed by atoms with Gasteiger partial charge in [-0.1, -0.05) is 0 Å². The lowest BCUT2D eigenvalue weighted by Gasteiger charge is -1.89. The molecule has 0 N–H and O–H groups in total. The summed E-state index contributed by atoms with van der Waals surface area (Å²) in [4.78, 5) is 10.2. The molecule has 2 nitrogen and oxygen atoms in total. The maximum atomic E-state index is 11.9. The summed E-state index contributed by atoms with van der Waals surface area (Å²) in [6.45, 7) is 1.33. The zero-order valence-electron chi connectivity index (χ0n) is 5.43. The highest BCUT2D eigenvalue weighted by Crippen LogP contribution is 1.89. The zero-order chi connectivity index (χ0) is 7.28. The van der Waals surface area contributed by atoms with E-state index in [-0.39, 0.29) is 0 Å². The lowest BCUT2D eigenvalue weighted by Crippen LogP contribution is -1.95. The molecule has 0 aromatic heterocycles. The Labute approximate surface area is 53.3 Å². The summed E-state index contributed by atoms with van der Waals surface area (Å²) >= 11 is 0. The predicted octanol–water partition coefficient (Wildman–Crippen LogP) is 1.07. The van der Waals surface area contributed by atoms with Gasteiger partial charge in [0.25, 0.3) is 0 Å². The molecular weight excluding hydrogens is 123 g/mol. The maximum Gasteiger partial charge on any atom is 0.330 e. The zero-order valence-corrected chi connectivity index (χ0v) is 5.43. The molecule has 0 amide bonds. The average molecular weight is 132 g/mol. The molecule has 52 valence electrons. The first-order valence-electron chi connectivity index (χ1n) is 2.57. The molecule has 0 aliphatic rings. The third kappa shape index (κ3) is 5.00. The summed E-state index contributed by atoms with van der Waals surface area (Å²) in [5.74, 6) is -0.528.